The lowest BCUT2D eigenvalue weighted by atomic mass is 10.0. The molecule has 1 aromatic heterocycles. The lowest BCUT2D eigenvalue weighted by molar-refractivity contribution is 0.176. The molecule has 0 saturated carbocycles. The summed E-state index contributed by atoms with van der Waals surface area (Å²) >= 11 is 0. The molecule has 0 aliphatic carbocycles. The number of nitrogens with zero attached hydrogens (tertiary/aromatic N) is 2. The third kappa shape index (κ3) is 2.82. The molecule has 0 fully saturated rings. The number of aliphatic hydroxyl groups is 1. The van der Waals surface area contributed by atoms with Gasteiger partial charge in [0.15, 0.2) is 0 Å². The van der Waals surface area contributed by atoms with Gasteiger partial charge in [0.25, 0.3) is 0 Å². The van der Waals surface area contributed by atoms with Crippen molar-refractivity contribution in [2.75, 3.05) is 0 Å². The summed E-state index contributed by atoms with van der Waals surface area (Å²) in [5, 5.41) is 17.0. The van der Waals surface area contributed by atoms with E-state index in [0.29, 0.717) is 5.56 Å². The summed E-state index contributed by atoms with van der Waals surface area (Å²) in [5.41, 5.74) is 0.651. The first-order chi connectivity index (χ1) is 8.16. The number of aliphatic hydroxyl groups excluding tert-OH is 1. The molecule has 1 N–H and O–H groups in total. The second-order valence-corrected chi connectivity index (χ2v) is 3.63. The van der Waals surface area contributed by atoms with Crippen LogP contribution in [0.5, 0.6) is 0 Å². The molecular formula is C12H10F2N2O. The van der Waals surface area contributed by atoms with Gasteiger partial charge in [-0.1, -0.05) is 0 Å². The number of hydrogen-bond donors (Lipinski definition) is 1. The Morgan fingerprint density at radius 1 is 1.18 bits per heavy atom. The van der Waals surface area contributed by atoms with E-state index < -0.39 is 17.7 Å². The van der Waals surface area contributed by atoms with Crippen LogP contribution in [0.25, 0.3) is 0 Å². The first kappa shape index (κ1) is 11.6. The van der Waals surface area contributed by atoms with Crippen LogP contribution in [0.2, 0.25) is 0 Å². The molecule has 5 heteroatoms. The summed E-state index contributed by atoms with van der Waals surface area (Å²) < 4.78 is 26.3. The van der Waals surface area contributed by atoms with Gasteiger partial charge in [0, 0.05) is 18.2 Å². The van der Waals surface area contributed by atoms with Crippen LogP contribution in [-0.2, 0) is 6.42 Å². The maximum atomic E-state index is 13.3. The third-order valence-corrected chi connectivity index (χ3v) is 2.41. The molecule has 0 aliphatic heterocycles. The van der Waals surface area contributed by atoms with Crippen molar-refractivity contribution in [3.63, 3.8) is 0 Å². The van der Waals surface area contributed by atoms with Crippen LogP contribution in [0.15, 0.2) is 36.7 Å². The second-order valence-electron chi connectivity index (χ2n) is 3.63. The lowest BCUT2D eigenvalue weighted by Gasteiger charge is -2.10. The first-order valence-electron chi connectivity index (χ1n) is 5.05. The molecule has 88 valence electrons. The minimum atomic E-state index is -0.929. The summed E-state index contributed by atoms with van der Waals surface area (Å²) in [7, 11) is 0. The van der Waals surface area contributed by atoms with Crippen molar-refractivity contribution in [3.8, 4) is 0 Å². The van der Waals surface area contributed by atoms with E-state index >= 15 is 0 Å². The maximum Gasteiger partial charge on any atom is 0.126 e. The van der Waals surface area contributed by atoms with Crippen LogP contribution in [0, 0.1) is 11.6 Å². The van der Waals surface area contributed by atoms with E-state index in [1.54, 1.807) is 6.07 Å². The smallest absolute Gasteiger partial charge is 0.126 e. The van der Waals surface area contributed by atoms with Crippen LogP contribution in [0.1, 0.15) is 17.2 Å². The molecule has 0 radical (unpaired) electrons. The minimum Gasteiger partial charge on any atom is -0.388 e. The Bertz CT molecular complexity index is 505. The van der Waals surface area contributed by atoms with Crippen LogP contribution < -0.4 is 0 Å². The summed E-state index contributed by atoms with van der Waals surface area (Å²) in [5.74, 6) is -1.06. The highest BCUT2D eigenvalue weighted by molar-refractivity contribution is 5.22. The van der Waals surface area contributed by atoms with Gasteiger partial charge in [-0.05, 0) is 29.8 Å². The Morgan fingerprint density at radius 3 is 2.71 bits per heavy atom. The van der Waals surface area contributed by atoms with Gasteiger partial charge in [-0.3, -0.25) is 0 Å². The molecule has 0 amide bonds. The Balaban J connectivity index is 2.18. The third-order valence-electron chi connectivity index (χ3n) is 2.41. The average Bonchev–Trinajstić information content (AvgIpc) is 2.35. The summed E-state index contributed by atoms with van der Waals surface area (Å²) in [4.78, 5) is 0. The van der Waals surface area contributed by atoms with Gasteiger partial charge in [0.05, 0.1) is 12.3 Å². The monoisotopic (exact) mass is 236 g/mol. The lowest BCUT2D eigenvalue weighted by Crippen LogP contribution is -2.04. The summed E-state index contributed by atoms with van der Waals surface area (Å²) in [6, 6.07) is 4.74. The first-order valence-corrected chi connectivity index (χ1v) is 5.05. The van der Waals surface area contributed by atoms with Crippen LogP contribution in [-0.4, -0.2) is 15.3 Å². The Labute approximate surface area is 96.8 Å². The van der Waals surface area contributed by atoms with Crippen molar-refractivity contribution < 1.29 is 13.9 Å². The topological polar surface area (TPSA) is 46.0 Å². The zero-order chi connectivity index (χ0) is 12.3. The SMILES string of the molecule is OC(Cc1cc(F)ccc1F)c1ccnnc1. The molecule has 1 atom stereocenters. The highest BCUT2D eigenvalue weighted by Crippen LogP contribution is 2.19. The zero-order valence-electron chi connectivity index (χ0n) is 8.85. The molecule has 0 aliphatic rings. The van der Waals surface area contributed by atoms with Crippen molar-refractivity contribution in [1.29, 1.82) is 0 Å². The van der Waals surface area contributed by atoms with Crippen molar-refractivity contribution in [2.45, 2.75) is 12.5 Å². The van der Waals surface area contributed by atoms with E-state index in [9.17, 15) is 13.9 Å². The van der Waals surface area contributed by atoms with E-state index in [4.69, 9.17) is 0 Å². The molecule has 3 nitrogen and oxygen atoms in total. The number of aromatic nitrogens is 2. The summed E-state index contributed by atoms with van der Waals surface area (Å²) in [6.45, 7) is 0. The normalized spacial score (nSPS) is 12.4. The number of benzene rings is 1. The molecule has 0 saturated heterocycles. The Morgan fingerprint density at radius 2 is 2.00 bits per heavy atom. The van der Waals surface area contributed by atoms with Gasteiger partial charge in [-0.2, -0.15) is 10.2 Å². The Hall–Kier alpha value is -1.88. The number of halogens is 2. The fourth-order valence-corrected chi connectivity index (χ4v) is 1.52. The van der Waals surface area contributed by atoms with E-state index in [-0.39, 0.29) is 12.0 Å². The maximum absolute atomic E-state index is 13.3. The molecule has 1 unspecified atom stereocenters. The average molecular weight is 236 g/mol. The van der Waals surface area contributed by atoms with E-state index in [2.05, 4.69) is 10.2 Å². The molecule has 1 aromatic carbocycles. The molecule has 2 rings (SSSR count). The van der Waals surface area contributed by atoms with Gasteiger partial charge < -0.3 is 5.11 Å². The summed E-state index contributed by atoms with van der Waals surface area (Å²) in [6.07, 6.45) is 1.89. The van der Waals surface area contributed by atoms with Gasteiger partial charge >= 0.3 is 0 Å². The molecule has 17 heavy (non-hydrogen) atoms. The fourth-order valence-electron chi connectivity index (χ4n) is 1.52. The van der Waals surface area contributed by atoms with E-state index in [1.807, 2.05) is 0 Å². The Kier molecular flexibility index (Phi) is 3.39. The van der Waals surface area contributed by atoms with Crippen molar-refractivity contribution in [2.24, 2.45) is 0 Å². The standard InChI is InChI=1S/C12H10F2N2O/c13-10-1-2-11(14)9(5-10)6-12(17)8-3-4-15-16-7-8/h1-5,7,12,17H,6H2. The molecule has 2 aromatic rings. The molecular weight excluding hydrogens is 226 g/mol. The van der Waals surface area contributed by atoms with Gasteiger partial charge in [-0.25, -0.2) is 8.78 Å². The molecule has 1 heterocycles. The minimum absolute atomic E-state index is 0.00468. The number of rotatable bonds is 3. The van der Waals surface area contributed by atoms with Gasteiger partial charge in [0.2, 0.25) is 0 Å². The van der Waals surface area contributed by atoms with Crippen LogP contribution in [0.4, 0.5) is 8.78 Å². The highest BCUT2D eigenvalue weighted by atomic mass is 19.1. The predicted molar refractivity (Wildman–Crippen MR) is 57.1 cm³/mol. The van der Waals surface area contributed by atoms with Gasteiger partial charge in [-0.15, -0.1) is 0 Å². The zero-order valence-corrected chi connectivity index (χ0v) is 8.85. The van der Waals surface area contributed by atoms with Crippen molar-refractivity contribution >= 4 is 0 Å². The van der Waals surface area contributed by atoms with Crippen molar-refractivity contribution in [1.82, 2.24) is 10.2 Å². The number of hydrogen-bond acceptors (Lipinski definition) is 3. The van der Waals surface area contributed by atoms with Crippen molar-refractivity contribution in [3.05, 3.63) is 59.4 Å². The second kappa shape index (κ2) is 4.97. The molecule has 0 bridgehead atoms. The van der Waals surface area contributed by atoms with Gasteiger partial charge in [0.1, 0.15) is 11.6 Å². The fraction of sp³-hybridized carbons (Fsp3) is 0.167. The van der Waals surface area contributed by atoms with E-state index in [0.717, 1.165) is 18.2 Å². The quantitative estimate of drug-likeness (QED) is 0.886. The molecule has 0 spiro atoms. The largest absolute Gasteiger partial charge is 0.388 e. The van der Waals surface area contributed by atoms with E-state index in [1.165, 1.54) is 12.4 Å². The highest BCUT2D eigenvalue weighted by Gasteiger charge is 2.12. The predicted octanol–water partition coefficient (Wildman–Crippen LogP) is 2.03. The van der Waals surface area contributed by atoms with Crippen LogP contribution in [0.3, 0.4) is 0 Å². The van der Waals surface area contributed by atoms with Crippen LogP contribution >= 0.6 is 0 Å².